The molecule has 9 heavy (non-hydrogen) atoms. The van der Waals surface area contributed by atoms with E-state index in [2.05, 4.69) is 10.5 Å². The summed E-state index contributed by atoms with van der Waals surface area (Å²) in [7, 11) is 0. The van der Waals surface area contributed by atoms with Crippen molar-refractivity contribution < 1.29 is 9.53 Å². The average Bonchev–Trinajstić information content (AvgIpc) is 1.60. The molecule has 1 aliphatic rings. The van der Waals surface area contributed by atoms with Crippen molar-refractivity contribution in [3.05, 3.63) is 0 Å². The summed E-state index contributed by atoms with van der Waals surface area (Å²) in [5, 5.41) is 3.60. The number of carbonyl (C=O) groups excluding carboxylic acids is 1. The van der Waals surface area contributed by atoms with E-state index in [1.54, 1.807) is 0 Å². The van der Waals surface area contributed by atoms with Gasteiger partial charge < -0.3 is 10.5 Å². The number of amides is 2. The molecule has 50 valence electrons. The number of primary amides is 1. The SMILES string of the molecule is NC(=O)NN=C1COC1. The molecule has 1 aliphatic heterocycles. The Bertz CT molecular complexity index is 148. The van der Waals surface area contributed by atoms with Crippen LogP contribution in [0.2, 0.25) is 0 Å². The van der Waals surface area contributed by atoms with Crippen LogP contribution in [0.5, 0.6) is 0 Å². The molecule has 1 fully saturated rings. The number of hydrazone groups is 1. The van der Waals surface area contributed by atoms with Gasteiger partial charge in [-0.25, -0.2) is 10.2 Å². The highest BCUT2D eigenvalue weighted by molar-refractivity contribution is 5.91. The van der Waals surface area contributed by atoms with Gasteiger partial charge in [0.25, 0.3) is 0 Å². The minimum Gasteiger partial charge on any atom is -0.369 e. The topological polar surface area (TPSA) is 76.7 Å². The maximum atomic E-state index is 10.0. The van der Waals surface area contributed by atoms with Crippen LogP contribution in [-0.4, -0.2) is 25.0 Å². The largest absolute Gasteiger partial charge is 0.369 e. The second kappa shape index (κ2) is 2.45. The maximum absolute atomic E-state index is 10.0. The molecular formula is C4H7N3O2. The summed E-state index contributed by atoms with van der Waals surface area (Å²) in [6.45, 7) is 1.00. The van der Waals surface area contributed by atoms with E-state index in [4.69, 9.17) is 10.5 Å². The van der Waals surface area contributed by atoms with Gasteiger partial charge in [0, 0.05) is 0 Å². The Hall–Kier alpha value is -1.10. The van der Waals surface area contributed by atoms with Crippen LogP contribution in [0, 0.1) is 0 Å². The average molecular weight is 129 g/mol. The highest BCUT2D eigenvalue weighted by atomic mass is 16.5. The fraction of sp³-hybridized carbons (Fsp3) is 0.500. The molecule has 0 radical (unpaired) electrons. The summed E-state index contributed by atoms with van der Waals surface area (Å²) in [6, 6.07) is -0.644. The molecule has 1 saturated heterocycles. The first kappa shape index (κ1) is 6.03. The van der Waals surface area contributed by atoms with Crippen molar-refractivity contribution in [2.45, 2.75) is 0 Å². The van der Waals surface area contributed by atoms with E-state index in [0.717, 1.165) is 5.71 Å². The normalized spacial score (nSPS) is 16.2. The van der Waals surface area contributed by atoms with E-state index in [-0.39, 0.29) is 0 Å². The summed E-state index contributed by atoms with van der Waals surface area (Å²) in [4.78, 5) is 10.0. The molecule has 0 bridgehead atoms. The van der Waals surface area contributed by atoms with Crippen LogP contribution >= 0.6 is 0 Å². The van der Waals surface area contributed by atoms with Crippen molar-refractivity contribution in [3.8, 4) is 0 Å². The van der Waals surface area contributed by atoms with Crippen LogP contribution in [0.4, 0.5) is 4.79 Å². The predicted octanol–water partition coefficient (Wildman–Crippen LogP) is -0.959. The van der Waals surface area contributed by atoms with E-state index in [1.165, 1.54) is 0 Å². The smallest absolute Gasteiger partial charge is 0.332 e. The second-order valence-electron chi connectivity index (χ2n) is 1.65. The van der Waals surface area contributed by atoms with Gasteiger partial charge in [-0.1, -0.05) is 0 Å². The third kappa shape index (κ3) is 1.69. The quantitative estimate of drug-likeness (QED) is 0.447. The van der Waals surface area contributed by atoms with Gasteiger partial charge in [-0.3, -0.25) is 0 Å². The monoisotopic (exact) mass is 129 g/mol. The fourth-order valence-electron chi connectivity index (χ4n) is 0.392. The molecule has 0 unspecified atom stereocenters. The van der Waals surface area contributed by atoms with Crippen molar-refractivity contribution in [1.29, 1.82) is 0 Å². The second-order valence-corrected chi connectivity index (χ2v) is 1.65. The van der Waals surface area contributed by atoms with Gasteiger partial charge in [0.2, 0.25) is 0 Å². The number of ether oxygens (including phenoxy) is 1. The van der Waals surface area contributed by atoms with E-state index in [1.807, 2.05) is 0 Å². The van der Waals surface area contributed by atoms with Crippen molar-refractivity contribution in [1.82, 2.24) is 5.43 Å². The standard InChI is InChI=1S/C4H7N3O2/c5-4(8)7-6-3-1-9-2-3/h1-2H2,(H3,5,7,8). The molecule has 0 aromatic rings. The summed E-state index contributed by atoms with van der Waals surface area (Å²) in [6.07, 6.45) is 0. The van der Waals surface area contributed by atoms with Crippen LogP contribution < -0.4 is 11.2 Å². The molecule has 0 aliphatic carbocycles. The molecule has 3 N–H and O–H groups in total. The zero-order valence-electron chi connectivity index (χ0n) is 4.76. The Balaban J connectivity index is 2.22. The Morgan fingerprint density at radius 2 is 2.44 bits per heavy atom. The Kier molecular flexibility index (Phi) is 1.64. The lowest BCUT2D eigenvalue weighted by molar-refractivity contribution is 0.158. The zero-order chi connectivity index (χ0) is 6.69. The van der Waals surface area contributed by atoms with Gasteiger partial charge in [0.15, 0.2) is 0 Å². The van der Waals surface area contributed by atoms with Gasteiger partial charge in [-0.2, -0.15) is 5.10 Å². The number of carbonyl (C=O) groups is 1. The van der Waals surface area contributed by atoms with Crippen molar-refractivity contribution >= 4 is 11.7 Å². The first-order chi connectivity index (χ1) is 4.29. The van der Waals surface area contributed by atoms with Crippen LogP contribution in [0.1, 0.15) is 0 Å². The van der Waals surface area contributed by atoms with Crippen LogP contribution in [0.3, 0.4) is 0 Å². The van der Waals surface area contributed by atoms with E-state index in [9.17, 15) is 4.79 Å². The lowest BCUT2D eigenvalue weighted by atomic mass is 10.3. The highest BCUT2D eigenvalue weighted by Crippen LogP contribution is 1.92. The molecule has 5 heteroatoms. The summed E-state index contributed by atoms with van der Waals surface area (Å²) in [5.74, 6) is 0. The molecule has 5 nitrogen and oxygen atoms in total. The minimum absolute atomic E-state index is 0.500. The first-order valence-corrected chi connectivity index (χ1v) is 2.47. The summed E-state index contributed by atoms with van der Waals surface area (Å²) >= 11 is 0. The van der Waals surface area contributed by atoms with Crippen LogP contribution in [0.25, 0.3) is 0 Å². The third-order valence-corrected chi connectivity index (χ3v) is 0.862. The number of hydrogen-bond donors (Lipinski definition) is 2. The lowest BCUT2D eigenvalue weighted by Crippen LogP contribution is -2.33. The molecule has 0 saturated carbocycles. The molecular weight excluding hydrogens is 122 g/mol. The number of nitrogens with one attached hydrogen (secondary N) is 1. The van der Waals surface area contributed by atoms with Gasteiger partial charge in [-0.15, -0.1) is 0 Å². The lowest BCUT2D eigenvalue weighted by Gasteiger charge is -2.14. The molecule has 2 amide bonds. The fourth-order valence-corrected chi connectivity index (χ4v) is 0.392. The number of nitrogens with zero attached hydrogens (tertiary/aromatic N) is 1. The number of urea groups is 1. The van der Waals surface area contributed by atoms with Gasteiger partial charge in [0.05, 0.1) is 18.9 Å². The number of nitrogens with two attached hydrogens (primary N) is 1. The number of hydrogen-bond acceptors (Lipinski definition) is 3. The molecule has 0 aromatic carbocycles. The Labute approximate surface area is 51.9 Å². The van der Waals surface area contributed by atoms with Gasteiger partial charge >= 0.3 is 6.03 Å². The number of rotatable bonds is 1. The van der Waals surface area contributed by atoms with Gasteiger partial charge in [0.1, 0.15) is 0 Å². The van der Waals surface area contributed by atoms with E-state index in [0.29, 0.717) is 13.2 Å². The van der Waals surface area contributed by atoms with E-state index >= 15 is 0 Å². The van der Waals surface area contributed by atoms with Crippen molar-refractivity contribution in [2.75, 3.05) is 13.2 Å². The molecule has 1 rings (SSSR count). The Morgan fingerprint density at radius 1 is 1.78 bits per heavy atom. The maximum Gasteiger partial charge on any atom is 0.332 e. The van der Waals surface area contributed by atoms with Crippen LogP contribution in [0.15, 0.2) is 5.10 Å². The highest BCUT2D eigenvalue weighted by Gasteiger charge is 2.09. The minimum atomic E-state index is -0.644. The van der Waals surface area contributed by atoms with E-state index < -0.39 is 6.03 Å². The van der Waals surface area contributed by atoms with Crippen LogP contribution in [-0.2, 0) is 4.74 Å². The van der Waals surface area contributed by atoms with Gasteiger partial charge in [-0.05, 0) is 0 Å². The zero-order valence-corrected chi connectivity index (χ0v) is 4.76. The predicted molar refractivity (Wildman–Crippen MR) is 31.0 cm³/mol. The molecule has 0 aromatic heterocycles. The third-order valence-electron chi connectivity index (χ3n) is 0.862. The Morgan fingerprint density at radius 3 is 2.78 bits per heavy atom. The summed E-state index contributed by atoms with van der Waals surface area (Å²) < 4.78 is 4.74. The molecule has 0 spiro atoms. The molecule has 1 heterocycles. The van der Waals surface area contributed by atoms with Crippen molar-refractivity contribution in [2.24, 2.45) is 10.8 Å². The summed E-state index contributed by atoms with van der Waals surface area (Å²) in [5.41, 5.74) is 7.63. The van der Waals surface area contributed by atoms with Crippen molar-refractivity contribution in [3.63, 3.8) is 0 Å². The first-order valence-electron chi connectivity index (χ1n) is 2.47. The molecule has 0 atom stereocenters.